The summed E-state index contributed by atoms with van der Waals surface area (Å²) in [6, 6.07) is 12.2. The monoisotopic (exact) mass is 406 g/mol. The van der Waals surface area contributed by atoms with E-state index in [1.165, 1.54) is 6.92 Å². The van der Waals surface area contributed by atoms with Crippen LogP contribution in [-0.2, 0) is 4.79 Å². The van der Waals surface area contributed by atoms with Crippen LogP contribution in [0.4, 0.5) is 5.69 Å². The molecule has 5 nitrogen and oxygen atoms in total. The molecule has 1 aliphatic rings. The second-order valence-electron chi connectivity index (χ2n) is 6.44. The van der Waals surface area contributed by atoms with Gasteiger partial charge in [0.05, 0.1) is 10.7 Å². The number of rotatable bonds is 4. The van der Waals surface area contributed by atoms with E-state index >= 15 is 0 Å². The molecule has 27 heavy (non-hydrogen) atoms. The highest BCUT2D eigenvalue weighted by atomic mass is 35.5. The van der Waals surface area contributed by atoms with E-state index in [1.807, 2.05) is 12.1 Å². The SMILES string of the molecule is CC(=O)Nc1ccc(C(=O)N2CCC(Oc3ccc(Cl)cc3)CC2)cc1Cl. The van der Waals surface area contributed by atoms with E-state index < -0.39 is 0 Å². The Morgan fingerprint density at radius 2 is 1.74 bits per heavy atom. The van der Waals surface area contributed by atoms with E-state index in [0.29, 0.717) is 34.4 Å². The van der Waals surface area contributed by atoms with Crippen molar-refractivity contribution >= 4 is 40.7 Å². The minimum Gasteiger partial charge on any atom is -0.490 e. The van der Waals surface area contributed by atoms with E-state index in [0.717, 1.165) is 18.6 Å². The third kappa shape index (κ3) is 5.15. The zero-order valence-corrected chi connectivity index (χ0v) is 16.4. The molecule has 0 unspecified atom stereocenters. The molecule has 2 aromatic rings. The van der Waals surface area contributed by atoms with Crippen molar-refractivity contribution in [1.29, 1.82) is 0 Å². The maximum absolute atomic E-state index is 12.7. The number of hydrogen-bond donors (Lipinski definition) is 1. The molecule has 1 heterocycles. The van der Waals surface area contributed by atoms with Gasteiger partial charge < -0.3 is 15.0 Å². The molecule has 142 valence electrons. The molecule has 0 radical (unpaired) electrons. The van der Waals surface area contributed by atoms with Crippen LogP contribution in [0.5, 0.6) is 5.75 Å². The molecule has 1 aliphatic heterocycles. The quantitative estimate of drug-likeness (QED) is 0.804. The minimum absolute atomic E-state index is 0.0703. The zero-order chi connectivity index (χ0) is 19.4. The van der Waals surface area contributed by atoms with Gasteiger partial charge in [0.15, 0.2) is 0 Å². The van der Waals surface area contributed by atoms with Crippen molar-refractivity contribution in [2.75, 3.05) is 18.4 Å². The molecule has 2 aromatic carbocycles. The maximum Gasteiger partial charge on any atom is 0.253 e. The first-order valence-electron chi connectivity index (χ1n) is 8.71. The third-order valence-corrected chi connectivity index (χ3v) is 4.94. The van der Waals surface area contributed by atoms with Gasteiger partial charge in [-0.05, 0) is 42.5 Å². The van der Waals surface area contributed by atoms with E-state index in [-0.39, 0.29) is 17.9 Å². The molecule has 3 rings (SSSR count). The molecule has 2 amide bonds. The van der Waals surface area contributed by atoms with Gasteiger partial charge in [-0.15, -0.1) is 0 Å². The fraction of sp³-hybridized carbons (Fsp3) is 0.300. The van der Waals surface area contributed by atoms with Crippen molar-refractivity contribution in [1.82, 2.24) is 4.90 Å². The van der Waals surface area contributed by atoms with Gasteiger partial charge in [-0.3, -0.25) is 9.59 Å². The summed E-state index contributed by atoms with van der Waals surface area (Å²) in [4.78, 5) is 25.7. The van der Waals surface area contributed by atoms with Gasteiger partial charge >= 0.3 is 0 Å². The number of amides is 2. The van der Waals surface area contributed by atoms with Crippen molar-refractivity contribution in [2.24, 2.45) is 0 Å². The number of likely N-dealkylation sites (tertiary alicyclic amines) is 1. The normalized spacial score (nSPS) is 14.7. The van der Waals surface area contributed by atoms with Crippen molar-refractivity contribution < 1.29 is 14.3 Å². The summed E-state index contributed by atoms with van der Waals surface area (Å²) in [6.07, 6.45) is 1.58. The van der Waals surface area contributed by atoms with Crippen LogP contribution in [0, 0.1) is 0 Å². The maximum atomic E-state index is 12.7. The second kappa shape index (κ2) is 8.63. The van der Waals surface area contributed by atoms with Crippen LogP contribution in [0.3, 0.4) is 0 Å². The number of ether oxygens (including phenoxy) is 1. The number of nitrogens with zero attached hydrogens (tertiary/aromatic N) is 1. The van der Waals surface area contributed by atoms with E-state index in [4.69, 9.17) is 27.9 Å². The molecule has 0 saturated carbocycles. The summed E-state index contributed by atoms with van der Waals surface area (Å²) in [5.74, 6) is 0.500. The lowest BCUT2D eigenvalue weighted by molar-refractivity contribution is -0.114. The van der Waals surface area contributed by atoms with Crippen LogP contribution >= 0.6 is 23.2 Å². The lowest BCUT2D eigenvalue weighted by Gasteiger charge is -2.32. The van der Waals surface area contributed by atoms with E-state index in [1.54, 1.807) is 35.2 Å². The van der Waals surface area contributed by atoms with Gasteiger partial charge in [-0.1, -0.05) is 23.2 Å². The summed E-state index contributed by atoms with van der Waals surface area (Å²) in [5.41, 5.74) is 1.00. The summed E-state index contributed by atoms with van der Waals surface area (Å²) in [6.45, 7) is 2.63. The topological polar surface area (TPSA) is 58.6 Å². The summed E-state index contributed by atoms with van der Waals surface area (Å²) < 4.78 is 5.96. The smallest absolute Gasteiger partial charge is 0.253 e. The fourth-order valence-electron chi connectivity index (χ4n) is 3.00. The largest absolute Gasteiger partial charge is 0.490 e. The first-order chi connectivity index (χ1) is 12.9. The number of halogens is 2. The standard InChI is InChI=1S/C20H20Cl2N2O3/c1-13(25)23-19-7-2-14(12-18(19)22)20(26)24-10-8-17(9-11-24)27-16-5-3-15(21)4-6-16/h2-7,12,17H,8-11H2,1H3,(H,23,25). The van der Waals surface area contributed by atoms with Gasteiger partial charge in [0.1, 0.15) is 11.9 Å². The predicted octanol–water partition coefficient (Wildman–Crippen LogP) is 4.64. The molecule has 0 bridgehead atoms. The molecule has 0 spiro atoms. The number of benzene rings is 2. The lowest BCUT2D eigenvalue weighted by atomic mass is 10.1. The van der Waals surface area contributed by atoms with Gasteiger partial charge in [0.2, 0.25) is 5.91 Å². The van der Waals surface area contributed by atoms with Crippen LogP contribution in [0.2, 0.25) is 10.0 Å². The molecular formula is C20H20Cl2N2O3. The van der Waals surface area contributed by atoms with E-state index in [2.05, 4.69) is 5.32 Å². The van der Waals surface area contributed by atoms with Crippen molar-refractivity contribution in [2.45, 2.75) is 25.9 Å². The fourth-order valence-corrected chi connectivity index (χ4v) is 3.36. The van der Waals surface area contributed by atoms with Crippen LogP contribution in [0.25, 0.3) is 0 Å². The Morgan fingerprint density at radius 1 is 1.07 bits per heavy atom. The molecule has 0 atom stereocenters. The first kappa shape index (κ1) is 19.5. The van der Waals surface area contributed by atoms with Crippen molar-refractivity contribution in [3.63, 3.8) is 0 Å². The predicted molar refractivity (Wildman–Crippen MR) is 107 cm³/mol. The number of anilines is 1. The molecule has 1 saturated heterocycles. The Bertz CT molecular complexity index is 832. The first-order valence-corrected chi connectivity index (χ1v) is 9.46. The second-order valence-corrected chi connectivity index (χ2v) is 7.28. The molecule has 7 heteroatoms. The minimum atomic E-state index is -0.210. The third-order valence-electron chi connectivity index (χ3n) is 4.37. The molecular weight excluding hydrogens is 387 g/mol. The van der Waals surface area contributed by atoms with Gasteiger partial charge in [-0.25, -0.2) is 0 Å². The number of nitrogens with one attached hydrogen (secondary N) is 1. The summed E-state index contributed by atoms with van der Waals surface area (Å²) in [5, 5.41) is 3.65. The molecule has 1 fully saturated rings. The Kier molecular flexibility index (Phi) is 6.24. The van der Waals surface area contributed by atoms with Crippen LogP contribution in [0.1, 0.15) is 30.1 Å². The van der Waals surface area contributed by atoms with E-state index in [9.17, 15) is 9.59 Å². The average molecular weight is 407 g/mol. The molecule has 0 aromatic heterocycles. The van der Waals surface area contributed by atoms with Gasteiger partial charge in [0, 0.05) is 43.4 Å². The highest BCUT2D eigenvalue weighted by Crippen LogP contribution is 2.25. The Labute approximate surface area is 168 Å². The number of carbonyl (C=O) groups is 2. The van der Waals surface area contributed by atoms with Crippen molar-refractivity contribution in [3.05, 3.63) is 58.1 Å². The van der Waals surface area contributed by atoms with Gasteiger partial charge in [-0.2, -0.15) is 0 Å². The molecule has 0 aliphatic carbocycles. The summed E-state index contributed by atoms with van der Waals surface area (Å²) >= 11 is 12.0. The highest BCUT2D eigenvalue weighted by molar-refractivity contribution is 6.34. The van der Waals surface area contributed by atoms with Crippen LogP contribution in [0.15, 0.2) is 42.5 Å². The number of carbonyl (C=O) groups excluding carboxylic acids is 2. The Hall–Kier alpha value is -2.24. The van der Waals surface area contributed by atoms with Crippen LogP contribution in [-0.4, -0.2) is 35.9 Å². The van der Waals surface area contributed by atoms with Gasteiger partial charge in [0.25, 0.3) is 5.91 Å². The number of hydrogen-bond acceptors (Lipinski definition) is 3. The number of piperidine rings is 1. The Morgan fingerprint density at radius 3 is 2.33 bits per heavy atom. The highest BCUT2D eigenvalue weighted by Gasteiger charge is 2.25. The summed E-state index contributed by atoms with van der Waals surface area (Å²) in [7, 11) is 0. The average Bonchev–Trinajstić information content (AvgIpc) is 2.65. The Balaban J connectivity index is 1.57. The lowest BCUT2D eigenvalue weighted by Crippen LogP contribution is -2.41. The molecule has 1 N–H and O–H groups in total. The van der Waals surface area contributed by atoms with Crippen molar-refractivity contribution in [3.8, 4) is 5.75 Å². The van der Waals surface area contributed by atoms with Crippen LogP contribution < -0.4 is 10.1 Å². The zero-order valence-electron chi connectivity index (χ0n) is 14.9.